The Hall–Kier alpha value is -2.87. The molecule has 0 atom stereocenters. The number of likely N-dealkylation sites (N-methyl/N-ethyl adjacent to an activating group) is 1. The number of hydrogen-bond acceptors (Lipinski definition) is 6. The van der Waals surface area contributed by atoms with Crippen molar-refractivity contribution in [1.29, 1.82) is 0 Å². The number of nitrogens with zero attached hydrogens (tertiary/aromatic N) is 2. The zero-order valence-corrected chi connectivity index (χ0v) is 18.8. The lowest BCUT2D eigenvalue weighted by Crippen LogP contribution is -2.26. The van der Waals surface area contributed by atoms with Crippen LogP contribution in [-0.2, 0) is 6.54 Å². The summed E-state index contributed by atoms with van der Waals surface area (Å²) in [6.07, 6.45) is 0. The summed E-state index contributed by atoms with van der Waals surface area (Å²) in [6.45, 7) is 1.72. The van der Waals surface area contributed by atoms with Gasteiger partial charge >= 0.3 is 0 Å². The van der Waals surface area contributed by atoms with E-state index in [0.29, 0.717) is 40.8 Å². The quantitative estimate of drug-likeness (QED) is 0.412. The maximum Gasteiger partial charge on any atom is 0.268 e. The Balaban J connectivity index is 1.42. The topological polar surface area (TPSA) is 67.5 Å². The van der Waals surface area contributed by atoms with Crippen LogP contribution in [0.3, 0.4) is 0 Å². The van der Waals surface area contributed by atoms with Gasteiger partial charge in [-0.15, -0.1) is 11.3 Å². The number of thiophene rings is 1. The summed E-state index contributed by atoms with van der Waals surface area (Å²) in [6, 6.07) is 17.0. The highest BCUT2D eigenvalue weighted by Crippen LogP contribution is 2.31. The molecule has 0 aliphatic carbocycles. The summed E-state index contributed by atoms with van der Waals surface area (Å²) in [5.74, 6) is 2.20. The van der Waals surface area contributed by atoms with Gasteiger partial charge in [0, 0.05) is 16.4 Å². The molecule has 0 fully saturated rings. The van der Waals surface area contributed by atoms with Crippen LogP contribution < -0.4 is 15.0 Å². The number of aromatic amines is 1. The Morgan fingerprint density at radius 3 is 2.52 bits per heavy atom. The van der Waals surface area contributed by atoms with Gasteiger partial charge < -0.3 is 14.5 Å². The molecule has 6 nitrogen and oxygen atoms in total. The monoisotopic (exact) mass is 455 g/mol. The molecule has 0 aliphatic rings. The fourth-order valence-corrected chi connectivity index (χ4v) is 4.27. The first kappa shape index (κ1) is 21.4. The Kier molecular flexibility index (Phi) is 6.56. The Bertz CT molecular complexity index is 1220. The van der Waals surface area contributed by atoms with Gasteiger partial charge in [-0.1, -0.05) is 11.6 Å². The third kappa shape index (κ3) is 5.25. The lowest BCUT2D eigenvalue weighted by molar-refractivity contribution is 0.230. The number of halogens is 1. The van der Waals surface area contributed by atoms with Crippen molar-refractivity contribution in [2.75, 3.05) is 27.3 Å². The zero-order chi connectivity index (χ0) is 21.8. The predicted molar refractivity (Wildman–Crippen MR) is 126 cm³/mol. The molecule has 2 aromatic carbocycles. The second-order valence-electron chi connectivity index (χ2n) is 7.11. The van der Waals surface area contributed by atoms with Crippen LogP contribution in [0.5, 0.6) is 11.5 Å². The van der Waals surface area contributed by atoms with Gasteiger partial charge in [-0.3, -0.25) is 9.69 Å². The molecular formula is C23H22ClN3O3S. The van der Waals surface area contributed by atoms with E-state index >= 15 is 0 Å². The predicted octanol–water partition coefficient (Wildman–Crippen LogP) is 4.82. The highest BCUT2D eigenvalue weighted by Gasteiger charge is 2.12. The standard InChI is InChI=1S/C23H22ClN3O3S/c1-27(11-12-30-18-9-5-16(24)6-10-18)14-21-25-19-13-20(31-22(19)23(28)26-21)15-3-7-17(29-2)8-4-15/h3-10,13H,11-12,14H2,1-2H3,(H,25,26,28). The molecule has 160 valence electrons. The van der Waals surface area contributed by atoms with Crippen molar-refractivity contribution in [1.82, 2.24) is 14.9 Å². The van der Waals surface area contributed by atoms with Crippen LogP contribution in [0.1, 0.15) is 5.82 Å². The van der Waals surface area contributed by atoms with E-state index < -0.39 is 0 Å². The number of H-pyrrole nitrogens is 1. The van der Waals surface area contributed by atoms with Gasteiger partial charge in [-0.25, -0.2) is 4.98 Å². The van der Waals surface area contributed by atoms with Gasteiger partial charge in [0.05, 0.1) is 19.2 Å². The van der Waals surface area contributed by atoms with E-state index in [4.69, 9.17) is 21.1 Å². The molecule has 0 radical (unpaired) electrons. The lowest BCUT2D eigenvalue weighted by atomic mass is 10.2. The Morgan fingerprint density at radius 1 is 1.10 bits per heavy atom. The molecule has 31 heavy (non-hydrogen) atoms. The van der Waals surface area contributed by atoms with Crippen molar-refractivity contribution in [2.24, 2.45) is 0 Å². The van der Waals surface area contributed by atoms with Crippen molar-refractivity contribution in [3.8, 4) is 21.9 Å². The SMILES string of the molecule is COc1ccc(-c2cc3nc(CN(C)CCOc4ccc(Cl)cc4)[nH]c(=O)c3s2)cc1. The number of benzene rings is 2. The largest absolute Gasteiger partial charge is 0.497 e. The number of methoxy groups -OCH3 is 1. The third-order valence-electron chi connectivity index (χ3n) is 4.78. The minimum Gasteiger partial charge on any atom is -0.497 e. The van der Waals surface area contributed by atoms with Crippen molar-refractivity contribution in [3.63, 3.8) is 0 Å². The van der Waals surface area contributed by atoms with Crippen LogP contribution in [0.15, 0.2) is 59.4 Å². The minimum absolute atomic E-state index is 0.115. The molecule has 0 saturated carbocycles. The number of nitrogens with one attached hydrogen (secondary N) is 1. The summed E-state index contributed by atoms with van der Waals surface area (Å²) in [4.78, 5) is 23.2. The summed E-state index contributed by atoms with van der Waals surface area (Å²) in [5.41, 5.74) is 1.62. The average molecular weight is 456 g/mol. The molecule has 2 aromatic heterocycles. The lowest BCUT2D eigenvalue weighted by Gasteiger charge is -2.16. The van der Waals surface area contributed by atoms with Crippen molar-refractivity contribution in [3.05, 3.63) is 75.8 Å². The molecular weight excluding hydrogens is 434 g/mol. The van der Waals surface area contributed by atoms with Crippen molar-refractivity contribution < 1.29 is 9.47 Å². The van der Waals surface area contributed by atoms with Gasteiger partial charge in [0.25, 0.3) is 5.56 Å². The number of aromatic nitrogens is 2. The van der Waals surface area contributed by atoms with E-state index in [1.54, 1.807) is 19.2 Å². The molecule has 0 spiro atoms. The van der Waals surface area contributed by atoms with Crippen LogP contribution in [0.25, 0.3) is 20.7 Å². The van der Waals surface area contributed by atoms with E-state index in [-0.39, 0.29) is 5.56 Å². The minimum atomic E-state index is -0.115. The highest BCUT2D eigenvalue weighted by molar-refractivity contribution is 7.22. The van der Waals surface area contributed by atoms with Crippen LogP contribution >= 0.6 is 22.9 Å². The molecule has 4 rings (SSSR count). The molecule has 0 aliphatic heterocycles. The highest BCUT2D eigenvalue weighted by atomic mass is 35.5. The summed E-state index contributed by atoms with van der Waals surface area (Å²) >= 11 is 7.33. The van der Waals surface area contributed by atoms with Gasteiger partial charge in [-0.05, 0) is 67.2 Å². The molecule has 0 bridgehead atoms. The maximum absolute atomic E-state index is 12.6. The summed E-state index contributed by atoms with van der Waals surface area (Å²) in [5, 5.41) is 0.679. The molecule has 4 aromatic rings. The fourth-order valence-electron chi connectivity index (χ4n) is 3.15. The Morgan fingerprint density at radius 2 is 1.81 bits per heavy atom. The van der Waals surface area contributed by atoms with Crippen LogP contribution in [-0.4, -0.2) is 42.2 Å². The molecule has 1 N–H and O–H groups in total. The van der Waals surface area contributed by atoms with Crippen molar-refractivity contribution >= 4 is 33.2 Å². The number of rotatable bonds is 8. The smallest absolute Gasteiger partial charge is 0.268 e. The normalized spacial score (nSPS) is 11.2. The molecule has 2 heterocycles. The fraction of sp³-hybridized carbons (Fsp3) is 0.217. The second kappa shape index (κ2) is 9.51. The number of ether oxygens (including phenoxy) is 2. The summed E-state index contributed by atoms with van der Waals surface area (Å²) in [7, 11) is 3.60. The van der Waals surface area contributed by atoms with E-state index in [2.05, 4.69) is 14.9 Å². The summed E-state index contributed by atoms with van der Waals surface area (Å²) < 4.78 is 11.6. The van der Waals surface area contributed by atoms with E-state index in [0.717, 1.165) is 21.9 Å². The number of hydrogen-bond donors (Lipinski definition) is 1. The van der Waals surface area contributed by atoms with Crippen molar-refractivity contribution in [2.45, 2.75) is 6.54 Å². The maximum atomic E-state index is 12.6. The van der Waals surface area contributed by atoms with Crippen LogP contribution in [0, 0.1) is 0 Å². The van der Waals surface area contributed by atoms with Crippen LogP contribution in [0.2, 0.25) is 5.02 Å². The zero-order valence-electron chi connectivity index (χ0n) is 17.2. The van der Waals surface area contributed by atoms with Gasteiger partial charge in [0.1, 0.15) is 28.6 Å². The van der Waals surface area contributed by atoms with Gasteiger partial charge in [-0.2, -0.15) is 0 Å². The first-order valence-electron chi connectivity index (χ1n) is 9.76. The van der Waals surface area contributed by atoms with E-state index in [1.807, 2.05) is 49.5 Å². The number of fused-ring (bicyclic) bond motifs is 1. The van der Waals surface area contributed by atoms with Gasteiger partial charge in [0.15, 0.2) is 0 Å². The Labute approximate surface area is 189 Å². The second-order valence-corrected chi connectivity index (χ2v) is 8.59. The third-order valence-corrected chi connectivity index (χ3v) is 6.21. The molecule has 0 saturated heterocycles. The molecule has 0 unspecified atom stereocenters. The molecule has 8 heteroatoms. The van der Waals surface area contributed by atoms with E-state index in [1.165, 1.54) is 11.3 Å². The average Bonchev–Trinajstić information content (AvgIpc) is 3.20. The first-order valence-corrected chi connectivity index (χ1v) is 11.0. The first-order chi connectivity index (χ1) is 15.0. The van der Waals surface area contributed by atoms with Crippen LogP contribution in [0.4, 0.5) is 0 Å². The molecule has 0 amide bonds. The van der Waals surface area contributed by atoms with E-state index in [9.17, 15) is 4.79 Å². The van der Waals surface area contributed by atoms with Gasteiger partial charge in [0.2, 0.25) is 0 Å².